The molecule has 0 aliphatic carbocycles. The van der Waals surface area contributed by atoms with E-state index in [0.717, 1.165) is 38.9 Å². The molecule has 2 aliphatic rings. The van der Waals surface area contributed by atoms with Gasteiger partial charge in [-0.3, -0.25) is 9.69 Å². The van der Waals surface area contributed by atoms with Crippen molar-refractivity contribution < 1.29 is 14.7 Å². The summed E-state index contributed by atoms with van der Waals surface area (Å²) in [5.41, 5.74) is 0. The maximum atomic E-state index is 12.3. The number of urea groups is 1. The molecule has 0 aromatic heterocycles. The van der Waals surface area contributed by atoms with Crippen molar-refractivity contribution in [1.82, 2.24) is 20.0 Å². The highest BCUT2D eigenvalue weighted by Crippen LogP contribution is 2.09. The number of nitrogens with one attached hydrogen (secondary N) is 1. The van der Waals surface area contributed by atoms with Crippen molar-refractivity contribution in [2.45, 2.75) is 25.3 Å². The van der Waals surface area contributed by atoms with Crippen LogP contribution in [0.15, 0.2) is 0 Å². The molecule has 2 rings (SSSR count). The normalized spacial score (nSPS) is 25.4. The van der Waals surface area contributed by atoms with E-state index in [9.17, 15) is 9.59 Å². The summed E-state index contributed by atoms with van der Waals surface area (Å²) in [5.74, 6) is -0.807. The van der Waals surface area contributed by atoms with Crippen molar-refractivity contribution in [1.29, 1.82) is 0 Å². The van der Waals surface area contributed by atoms with Gasteiger partial charge < -0.3 is 20.2 Å². The third-order valence-electron chi connectivity index (χ3n) is 4.19. The first kappa shape index (κ1) is 16.0. The number of likely N-dealkylation sites (N-methyl/N-ethyl adjacent to an activating group) is 1. The molecule has 7 nitrogen and oxygen atoms in total. The van der Waals surface area contributed by atoms with Gasteiger partial charge in [-0.05, 0) is 32.9 Å². The third kappa shape index (κ3) is 5.17. The maximum Gasteiger partial charge on any atom is 0.317 e. The van der Waals surface area contributed by atoms with Crippen LogP contribution in [0.2, 0.25) is 0 Å². The molecule has 2 N–H and O–H groups in total. The molecule has 0 spiro atoms. The highest BCUT2D eigenvalue weighted by atomic mass is 16.4. The number of carbonyl (C=O) groups is 2. The zero-order valence-corrected chi connectivity index (χ0v) is 12.8. The number of likely N-dealkylation sites (tertiary alicyclic amines) is 1. The van der Waals surface area contributed by atoms with Crippen molar-refractivity contribution in [3.8, 4) is 0 Å². The predicted molar refractivity (Wildman–Crippen MR) is 79.3 cm³/mol. The molecular formula is C14H26N4O3. The van der Waals surface area contributed by atoms with E-state index in [-0.39, 0.29) is 18.6 Å². The predicted octanol–water partition coefficient (Wildman–Crippen LogP) is -0.117. The van der Waals surface area contributed by atoms with Crippen LogP contribution >= 0.6 is 0 Å². The minimum Gasteiger partial charge on any atom is -0.480 e. The van der Waals surface area contributed by atoms with Gasteiger partial charge in [0.1, 0.15) is 0 Å². The Morgan fingerprint density at radius 2 is 1.95 bits per heavy atom. The van der Waals surface area contributed by atoms with Crippen LogP contribution in [0.1, 0.15) is 19.3 Å². The van der Waals surface area contributed by atoms with E-state index >= 15 is 0 Å². The molecular weight excluding hydrogens is 272 g/mol. The highest BCUT2D eigenvalue weighted by Gasteiger charge is 2.24. The topological polar surface area (TPSA) is 76.1 Å². The number of carboxylic acid groups (broad SMARTS) is 1. The first-order valence-electron chi connectivity index (χ1n) is 7.72. The Hall–Kier alpha value is -1.34. The Kier molecular flexibility index (Phi) is 5.81. The van der Waals surface area contributed by atoms with E-state index in [4.69, 9.17) is 5.11 Å². The monoisotopic (exact) mass is 298 g/mol. The van der Waals surface area contributed by atoms with Crippen LogP contribution in [0, 0.1) is 0 Å². The summed E-state index contributed by atoms with van der Waals surface area (Å²) < 4.78 is 0. The summed E-state index contributed by atoms with van der Waals surface area (Å²) in [6.07, 6.45) is 2.98. The van der Waals surface area contributed by atoms with E-state index in [2.05, 4.69) is 17.3 Å². The standard InChI is InChI=1S/C14H26N4O3/c1-16-5-2-4-12(10-16)15-14(21)18-7-3-6-17(8-9-18)11-13(19)20/h12H,2-11H2,1H3,(H,15,21)(H,19,20). The number of carbonyl (C=O) groups excluding carboxylic acids is 1. The lowest BCUT2D eigenvalue weighted by Gasteiger charge is -2.32. The number of carboxylic acids is 1. The van der Waals surface area contributed by atoms with Crippen LogP contribution in [0.25, 0.3) is 0 Å². The average Bonchev–Trinajstić information content (AvgIpc) is 2.63. The highest BCUT2D eigenvalue weighted by molar-refractivity contribution is 5.74. The lowest BCUT2D eigenvalue weighted by Crippen LogP contribution is -2.51. The van der Waals surface area contributed by atoms with Crippen molar-refractivity contribution in [3.05, 3.63) is 0 Å². The zero-order valence-electron chi connectivity index (χ0n) is 12.8. The number of hydrogen-bond acceptors (Lipinski definition) is 4. The lowest BCUT2D eigenvalue weighted by molar-refractivity contribution is -0.138. The molecule has 0 radical (unpaired) electrons. The van der Waals surface area contributed by atoms with Crippen LogP contribution in [0.4, 0.5) is 4.79 Å². The summed E-state index contributed by atoms with van der Waals surface area (Å²) >= 11 is 0. The Morgan fingerprint density at radius 3 is 2.67 bits per heavy atom. The van der Waals surface area contributed by atoms with E-state index in [1.54, 1.807) is 0 Å². The summed E-state index contributed by atoms with van der Waals surface area (Å²) in [7, 11) is 2.08. The summed E-state index contributed by atoms with van der Waals surface area (Å²) in [6, 6.07) is 0.224. The molecule has 2 aliphatic heterocycles. The van der Waals surface area contributed by atoms with Gasteiger partial charge in [0.2, 0.25) is 0 Å². The smallest absolute Gasteiger partial charge is 0.317 e. The van der Waals surface area contributed by atoms with Crippen LogP contribution in [0.3, 0.4) is 0 Å². The SMILES string of the molecule is CN1CCCC(NC(=O)N2CCCN(CC(=O)O)CC2)C1. The molecule has 0 aromatic carbocycles. The summed E-state index contributed by atoms with van der Waals surface area (Å²) in [4.78, 5) is 29.0. The van der Waals surface area contributed by atoms with Crippen molar-refractivity contribution in [2.75, 3.05) is 52.9 Å². The van der Waals surface area contributed by atoms with Crippen LogP contribution in [-0.4, -0.2) is 90.7 Å². The van der Waals surface area contributed by atoms with Crippen molar-refractivity contribution >= 4 is 12.0 Å². The molecule has 2 saturated heterocycles. The van der Waals surface area contributed by atoms with Crippen molar-refractivity contribution in [3.63, 3.8) is 0 Å². The number of amides is 2. The molecule has 0 aromatic rings. The summed E-state index contributed by atoms with van der Waals surface area (Å²) in [6.45, 7) is 4.73. The second kappa shape index (κ2) is 7.61. The molecule has 2 amide bonds. The van der Waals surface area contributed by atoms with Crippen LogP contribution in [0.5, 0.6) is 0 Å². The van der Waals surface area contributed by atoms with Gasteiger partial charge in [-0.2, -0.15) is 0 Å². The third-order valence-corrected chi connectivity index (χ3v) is 4.19. The minimum absolute atomic E-state index is 0.00697. The average molecular weight is 298 g/mol. The molecule has 0 bridgehead atoms. The Bertz CT molecular complexity index is 377. The van der Waals surface area contributed by atoms with Crippen LogP contribution in [-0.2, 0) is 4.79 Å². The van der Waals surface area contributed by atoms with Gasteiger partial charge in [-0.15, -0.1) is 0 Å². The molecule has 0 saturated carbocycles. The molecule has 2 fully saturated rings. The Balaban J connectivity index is 1.78. The fourth-order valence-corrected chi connectivity index (χ4v) is 3.07. The first-order valence-corrected chi connectivity index (χ1v) is 7.72. The van der Waals surface area contributed by atoms with E-state index in [1.807, 2.05) is 9.80 Å². The fraction of sp³-hybridized carbons (Fsp3) is 0.857. The van der Waals surface area contributed by atoms with E-state index < -0.39 is 5.97 Å². The largest absolute Gasteiger partial charge is 0.480 e. The molecule has 21 heavy (non-hydrogen) atoms. The van der Waals surface area contributed by atoms with E-state index in [1.165, 1.54) is 0 Å². The Morgan fingerprint density at radius 1 is 1.14 bits per heavy atom. The van der Waals surface area contributed by atoms with Gasteiger partial charge in [0.05, 0.1) is 6.54 Å². The van der Waals surface area contributed by atoms with Gasteiger partial charge in [0.15, 0.2) is 0 Å². The number of hydrogen-bond donors (Lipinski definition) is 2. The number of rotatable bonds is 3. The quantitative estimate of drug-likeness (QED) is 0.760. The maximum absolute atomic E-state index is 12.3. The number of piperidine rings is 1. The molecule has 1 atom stereocenters. The van der Waals surface area contributed by atoms with E-state index in [0.29, 0.717) is 19.6 Å². The molecule has 120 valence electrons. The van der Waals surface area contributed by atoms with Gasteiger partial charge in [0.25, 0.3) is 0 Å². The second-order valence-electron chi connectivity index (χ2n) is 6.06. The minimum atomic E-state index is -0.807. The molecule has 2 heterocycles. The fourth-order valence-electron chi connectivity index (χ4n) is 3.07. The van der Waals surface area contributed by atoms with Crippen molar-refractivity contribution in [2.24, 2.45) is 0 Å². The first-order chi connectivity index (χ1) is 10.0. The molecule has 1 unspecified atom stereocenters. The van der Waals surface area contributed by atoms with Gasteiger partial charge in [0, 0.05) is 38.8 Å². The number of aliphatic carboxylic acids is 1. The Labute approximate surface area is 125 Å². The van der Waals surface area contributed by atoms with Gasteiger partial charge in [-0.1, -0.05) is 0 Å². The van der Waals surface area contributed by atoms with Crippen LogP contribution < -0.4 is 5.32 Å². The molecule has 7 heteroatoms. The van der Waals surface area contributed by atoms with Gasteiger partial charge in [-0.25, -0.2) is 4.79 Å². The number of nitrogens with zero attached hydrogens (tertiary/aromatic N) is 3. The van der Waals surface area contributed by atoms with Gasteiger partial charge >= 0.3 is 12.0 Å². The summed E-state index contributed by atoms with van der Waals surface area (Å²) in [5, 5.41) is 11.9. The second-order valence-corrected chi connectivity index (χ2v) is 6.06. The lowest BCUT2D eigenvalue weighted by atomic mass is 10.1. The zero-order chi connectivity index (χ0) is 15.2.